The van der Waals surface area contributed by atoms with E-state index in [1.165, 1.54) is 0 Å². The zero-order valence-electron chi connectivity index (χ0n) is 11.3. The molecule has 1 atom stereocenters. The maximum Gasteiger partial charge on any atom is 0.218 e. The van der Waals surface area contributed by atoms with Crippen molar-refractivity contribution in [3.05, 3.63) is 0 Å². The van der Waals surface area contributed by atoms with Gasteiger partial charge in [0, 0.05) is 19.6 Å². The van der Waals surface area contributed by atoms with Crippen LogP contribution in [-0.2, 0) is 10.0 Å². The molecule has 2 N–H and O–H groups in total. The van der Waals surface area contributed by atoms with E-state index in [2.05, 4.69) is 13.8 Å². The minimum atomic E-state index is -3.19. The SMILES string of the molecule is CCC(CN)S(=O)(=O)N1CCCC(C)(C)CC1. The second kappa shape index (κ2) is 5.67. The van der Waals surface area contributed by atoms with Gasteiger partial charge in [0.1, 0.15) is 0 Å². The van der Waals surface area contributed by atoms with Gasteiger partial charge < -0.3 is 5.73 Å². The van der Waals surface area contributed by atoms with Crippen LogP contribution in [0.5, 0.6) is 0 Å². The molecule has 1 aliphatic rings. The Hall–Kier alpha value is -0.130. The molecule has 17 heavy (non-hydrogen) atoms. The summed E-state index contributed by atoms with van der Waals surface area (Å²) in [5.41, 5.74) is 5.82. The second-order valence-corrected chi connectivity index (χ2v) is 7.94. The molecule has 0 saturated carbocycles. The highest BCUT2D eigenvalue weighted by molar-refractivity contribution is 7.89. The van der Waals surface area contributed by atoms with E-state index in [4.69, 9.17) is 5.73 Å². The summed E-state index contributed by atoms with van der Waals surface area (Å²) in [4.78, 5) is 0. The summed E-state index contributed by atoms with van der Waals surface area (Å²) < 4.78 is 26.4. The van der Waals surface area contributed by atoms with Gasteiger partial charge in [-0.2, -0.15) is 0 Å². The van der Waals surface area contributed by atoms with Crippen LogP contribution in [-0.4, -0.2) is 37.6 Å². The van der Waals surface area contributed by atoms with Crippen molar-refractivity contribution in [2.24, 2.45) is 11.1 Å². The van der Waals surface area contributed by atoms with E-state index in [9.17, 15) is 8.42 Å². The van der Waals surface area contributed by atoms with Crippen molar-refractivity contribution in [2.75, 3.05) is 19.6 Å². The Morgan fingerprint density at radius 1 is 1.29 bits per heavy atom. The molecule has 4 nitrogen and oxygen atoms in total. The molecule has 0 radical (unpaired) electrons. The van der Waals surface area contributed by atoms with Crippen molar-refractivity contribution in [1.29, 1.82) is 0 Å². The fourth-order valence-corrected chi connectivity index (χ4v) is 4.18. The molecule has 1 rings (SSSR count). The molecule has 0 bridgehead atoms. The highest BCUT2D eigenvalue weighted by Crippen LogP contribution is 2.31. The van der Waals surface area contributed by atoms with Crippen LogP contribution in [0, 0.1) is 5.41 Å². The molecule has 102 valence electrons. The predicted octanol–water partition coefficient (Wildman–Crippen LogP) is 1.57. The number of hydrogen-bond acceptors (Lipinski definition) is 3. The van der Waals surface area contributed by atoms with Gasteiger partial charge in [-0.15, -0.1) is 0 Å². The van der Waals surface area contributed by atoms with E-state index >= 15 is 0 Å². The lowest BCUT2D eigenvalue weighted by Gasteiger charge is -2.26. The summed E-state index contributed by atoms with van der Waals surface area (Å²) >= 11 is 0. The van der Waals surface area contributed by atoms with Gasteiger partial charge in [0.15, 0.2) is 0 Å². The third-order valence-corrected chi connectivity index (χ3v) is 6.25. The largest absolute Gasteiger partial charge is 0.329 e. The van der Waals surface area contributed by atoms with E-state index in [-0.39, 0.29) is 12.0 Å². The molecule has 1 unspecified atom stereocenters. The van der Waals surface area contributed by atoms with Crippen LogP contribution < -0.4 is 5.73 Å². The van der Waals surface area contributed by atoms with Crippen LogP contribution in [0.1, 0.15) is 46.5 Å². The van der Waals surface area contributed by atoms with Gasteiger partial charge in [-0.05, 0) is 31.1 Å². The Bertz CT molecular complexity index is 334. The van der Waals surface area contributed by atoms with E-state index in [1.807, 2.05) is 6.92 Å². The van der Waals surface area contributed by atoms with Gasteiger partial charge >= 0.3 is 0 Å². The zero-order valence-corrected chi connectivity index (χ0v) is 12.1. The molecular weight excluding hydrogens is 236 g/mol. The summed E-state index contributed by atoms with van der Waals surface area (Å²) in [5.74, 6) is 0. The van der Waals surface area contributed by atoms with Crippen molar-refractivity contribution in [3.63, 3.8) is 0 Å². The van der Waals surface area contributed by atoms with Gasteiger partial charge in [-0.1, -0.05) is 20.8 Å². The van der Waals surface area contributed by atoms with E-state index < -0.39 is 15.3 Å². The molecule has 0 amide bonds. The summed E-state index contributed by atoms with van der Waals surface area (Å²) in [6.07, 6.45) is 3.58. The highest BCUT2D eigenvalue weighted by atomic mass is 32.2. The molecule has 0 aromatic carbocycles. The van der Waals surface area contributed by atoms with Crippen LogP contribution in [0.15, 0.2) is 0 Å². The lowest BCUT2D eigenvalue weighted by atomic mass is 9.85. The van der Waals surface area contributed by atoms with Crippen LogP contribution >= 0.6 is 0 Å². The summed E-state index contributed by atoms with van der Waals surface area (Å²) in [5, 5.41) is -0.413. The van der Waals surface area contributed by atoms with Crippen LogP contribution in [0.3, 0.4) is 0 Å². The molecule has 0 aromatic rings. The Labute approximate surface area is 106 Å². The molecule has 1 heterocycles. The summed E-state index contributed by atoms with van der Waals surface area (Å²) in [6.45, 7) is 7.83. The minimum absolute atomic E-state index is 0.221. The maximum atomic E-state index is 12.4. The Kier molecular flexibility index (Phi) is 4.98. The Balaban J connectivity index is 2.79. The van der Waals surface area contributed by atoms with Crippen LogP contribution in [0.25, 0.3) is 0 Å². The number of hydrogen-bond donors (Lipinski definition) is 1. The first-order chi connectivity index (χ1) is 7.83. The monoisotopic (exact) mass is 262 g/mol. The number of nitrogens with zero attached hydrogens (tertiary/aromatic N) is 1. The van der Waals surface area contributed by atoms with Gasteiger partial charge in [0.05, 0.1) is 5.25 Å². The number of sulfonamides is 1. The maximum absolute atomic E-state index is 12.4. The second-order valence-electron chi connectivity index (χ2n) is 5.73. The third-order valence-electron chi connectivity index (χ3n) is 3.80. The van der Waals surface area contributed by atoms with Gasteiger partial charge in [0.25, 0.3) is 0 Å². The van der Waals surface area contributed by atoms with E-state index in [1.54, 1.807) is 4.31 Å². The smallest absolute Gasteiger partial charge is 0.218 e. The Morgan fingerprint density at radius 2 is 1.94 bits per heavy atom. The first kappa shape index (κ1) is 14.9. The van der Waals surface area contributed by atoms with Gasteiger partial charge in [0.2, 0.25) is 10.0 Å². The average molecular weight is 262 g/mol. The summed E-state index contributed by atoms with van der Waals surface area (Å²) in [6, 6.07) is 0. The number of nitrogens with two attached hydrogens (primary N) is 1. The third kappa shape index (κ3) is 3.66. The van der Waals surface area contributed by atoms with E-state index in [0.717, 1.165) is 19.3 Å². The molecule has 0 spiro atoms. The van der Waals surface area contributed by atoms with Crippen molar-refractivity contribution >= 4 is 10.0 Å². The van der Waals surface area contributed by atoms with Gasteiger partial charge in [-0.3, -0.25) is 0 Å². The molecule has 5 heteroatoms. The molecule has 0 aliphatic carbocycles. The fourth-order valence-electron chi connectivity index (χ4n) is 2.36. The van der Waals surface area contributed by atoms with E-state index in [0.29, 0.717) is 19.5 Å². The molecular formula is C12H26N2O2S. The van der Waals surface area contributed by atoms with Crippen molar-refractivity contribution in [2.45, 2.75) is 51.7 Å². The fraction of sp³-hybridized carbons (Fsp3) is 1.00. The zero-order chi connectivity index (χ0) is 13.1. The lowest BCUT2D eigenvalue weighted by Crippen LogP contribution is -2.42. The first-order valence-electron chi connectivity index (χ1n) is 6.52. The molecule has 1 aliphatic heterocycles. The summed E-state index contributed by atoms with van der Waals surface area (Å²) in [7, 11) is -3.19. The normalized spacial score (nSPS) is 24.2. The van der Waals surface area contributed by atoms with Gasteiger partial charge in [-0.25, -0.2) is 12.7 Å². The predicted molar refractivity (Wildman–Crippen MR) is 71.3 cm³/mol. The van der Waals surface area contributed by atoms with Crippen molar-refractivity contribution in [3.8, 4) is 0 Å². The van der Waals surface area contributed by atoms with Crippen LogP contribution in [0.2, 0.25) is 0 Å². The number of rotatable bonds is 4. The molecule has 1 fully saturated rings. The van der Waals surface area contributed by atoms with Crippen LogP contribution in [0.4, 0.5) is 0 Å². The first-order valence-corrected chi connectivity index (χ1v) is 8.03. The molecule has 1 saturated heterocycles. The highest BCUT2D eigenvalue weighted by Gasteiger charge is 2.33. The van der Waals surface area contributed by atoms with Crippen molar-refractivity contribution < 1.29 is 8.42 Å². The quantitative estimate of drug-likeness (QED) is 0.836. The molecule has 0 aromatic heterocycles. The standard InChI is InChI=1S/C12H26N2O2S/c1-4-11(10-13)17(15,16)14-8-5-6-12(2,3)7-9-14/h11H,4-10,13H2,1-3H3. The average Bonchev–Trinajstić information content (AvgIpc) is 2.41. The minimum Gasteiger partial charge on any atom is -0.329 e. The lowest BCUT2D eigenvalue weighted by molar-refractivity contribution is 0.314. The topological polar surface area (TPSA) is 63.4 Å². The van der Waals surface area contributed by atoms with Crippen molar-refractivity contribution in [1.82, 2.24) is 4.31 Å². The Morgan fingerprint density at radius 3 is 2.47 bits per heavy atom.